The molecule has 1 unspecified atom stereocenters. The molecule has 0 nitrogen and oxygen atoms in total. The average molecular weight is 128 g/mol. The fraction of sp³-hybridized carbons (Fsp3) is 0.714. The van der Waals surface area contributed by atoms with Crippen molar-refractivity contribution in [2.45, 2.75) is 24.5 Å². The van der Waals surface area contributed by atoms with Gasteiger partial charge in [-0.15, -0.1) is 6.58 Å². The second-order valence-electron chi connectivity index (χ2n) is 2.14. The number of hydrogen-bond acceptors (Lipinski definition) is 1. The van der Waals surface area contributed by atoms with Crippen molar-refractivity contribution in [3.05, 3.63) is 12.7 Å². The van der Waals surface area contributed by atoms with Crippen molar-refractivity contribution in [3.63, 3.8) is 0 Å². The Balaban J connectivity index is 2.22. The van der Waals surface area contributed by atoms with E-state index in [9.17, 15) is 0 Å². The molecule has 1 rings (SSSR count). The van der Waals surface area contributed by atoms with E-state index in [2.05, 4.69) is 12.7 Å². The molecule has 0 amide bonds. The topological polar surface area (TPSA) is 0 Å². The lowest BCUT2D eigenvalue weighted by molar-refractivity contribution is 0.720. The van der Waals surface area contributed by atoms with Crippen LogP contribution >= 0.6 is 11.8 Å². The zero-order valence-corrected chi connectivity index (χ0v) is 5.91. The third-order valence-electron chi connectivity index (χ3n) is 1.48. The molecule has 0 aromatic rings. The van der Waals surface area contributed by atoms with E-state index >= 15 is 0 Å². The van der Waals surface area contributed by atoms with Gasteiger partial charge in [0.1, 0.15) is 0 Å². The molecular weight excluding hydrogens is 116 g/mol. The maximum atomic E-state index is 3.76. The molecule has 8 heavy (non-hydrogen) atoms. The predicted octanol–water partition coefficient (Wildman–Crippen LogP) is 2.46. The average Bonchev–Trinajstić information content (AvgIpc) is 1.90. The van der Waals surface area contributed by atoms with Crippen molar-refractivity contribution in [2.24, 2.45) is 0 Å². The Kier molecular flexibility index (Phi) is 2.47. The fourth-order valence-corrected chi connectivity index (χ4v) is 2.09. The second kappa shape index (κ2) is 3.18. The van der Waals surface area contributed by atoms with Crippen LogP contribution in [0.3, 0.4) is 0 Å². The van der Waals surface area contributed by atoms with Gasteiger partial charge in [-0.3, -0.25) is 0 Å². The van der Waals surface area contributed by atoms with Crippen molar-refractivity contribution in [3.8, 4) is 0 Å². The normalized spacial score (nSPS) is 29.8. The Morgan fingerprint density at radius 3 is 2.75 bits per heavy atom. The summed E-state index contributed by atoms with van der Waals surface area (Å²) in [6.45, 7) is 3.76. The molecule has 46 valence electrons. The summed E-state index contributed by atoms with van der Waals surface area (Å²) in [6, 6.07) is 0. The van der Waals surface area contributed by atoms with Crippen LogP contribution in [0, 0.1) is 0 Å². The third kappa shape index (κ3) is 1.55. The van der Waals surface area contributed by atoms with E-state index in [4.69, 9.17) is 0 Å². The van der Waals surface area contributed by atoms with Crippen LogP contribution in [0.2, 0.25) is 0 Å². The van der Waals surface area contributed by atoms with Crippen molar-refractivity contribution in [1.82, 2.24) is 0 Å². The number of thioether (sulfide) groups is 1. The van der Waals surface area contributed by atoms with E-state index in [-0.39, 0.29) is 0 Å². The van der Waals surface area contributed by atoms with Gasteiger partial charge in [0.15, 0.2) is 0 Å². The minimum atomic E-state index is 0.767. The Morgan fingerprint density at radius 2 is 2.38 bits per heavy atom. The zero-order valence-electron chi connectivity index (χ0n) is 5.10. The summed E-state index contributed by atoms with van der Waals surface area (Å²) in [5.41, 5.74) is 0. The van der Waals surface area contributed by atoms with Crippen LogP contribution in [0.5, 0.6) is 0 Å². The smallest absolute Gasteiger partial charge is 0.0224 e. The molecular formula is C7H12S. The van der Waals surface area contributed by atoms with E-state index in [0.29, 0.717) is 0 Å². The Bertz CT molecular complexity index is 72.5. The summed E-state index contributed by atoms with van der Waals surface area (Å²) in [4.78, 5) is 0. The SMILES string of the molecule is C=CC1CCCCS1. The van der Waals surface area contributed by atoms with Gasteiger partial charge in [0, 0.05) is 5.25 Å². The maximum absolute atomic E-state index is 3.76. The highest BCUT2D eigenvalue weighted by Crippen LogP contribution is 2.24. The zero-order chi connectivity index (χ0) is 5.82. The molecule has 0 saturated carbocycles. The predicted molar refractivity (Wildman–Crippen MR) is 40.3 cm³/mol. The highest BCUT2D eigenvalue weighted by molar-refractivity contribution is 8.00. The highest BCUT2D eigenvalue weighted by Gasteiger charge is 2.08. The van der Waals surface area contributed by atoms with Crippen LogP contribution in [-0.4, -0.2) is 11.0 Å². The summed E-state index contributed by atoms with van der Waals surface area (Å²) < 4.78 is 0. The second-order valence-corrected chi connectivity index (χ2v) is 3.49. The highest BCUT2D eigenvalue weighted by atomic mass is 32.2. The van der Waals surface area contributed by atoms with Crippen LogP contribution in [-0.2, 0) is 0 Å². The minimum absolute atomic E-state index is 0.767. The van der Waals surface area contributed by atoms with Gasteiger partial charge in [-0.05, 0) is 18.6 Å². The van der Waals surface area contributed by atoms with E-state index < -0.39 is 0 Å². The third-order valence-corrected chi connectivity index (χ3v) is 2.86. The van der Waals surface area contributed by atoms with Crippen molar-refractivity contribution in [1.29, 1.82) is 0 Å². The Labute approximate surface area is 55.4 Å². The van der Waals surface area contributed by atoms with Crippen molar-refractivity contribution in [2.75, 3.05) is 5.75 Å². The summed E-state index contributed by atoms with van der Waals surface area (Å²) in [5.74, 6) is 1.34. The first-order chi connectivity index (χ1) is 3.93. The molecule has 0 aromatic carbocycles. The number of rotatable bonds is 1. The molecule has 1 atom stereocenters. The summed E-state index contributed by atoms with van der Waals surface area (Å²) in [6.07, 6.45) is 6.25. The maximum Gasteiger partial charge on any atom is 0.0224 e. The Hall–Kier alpha value is 0.0900. The van der Waals surface area contributed by atoms with E-state index in [1.807, 2.05) is 11.8 Å². The van der Waals surface area contributed by atoms with E-state index in [0.717, 1.165) is 5.25 Å². The lowest BCUT2D eigenvalue weighted by Crippen LogP contribution is -2.04. The molecule has 1 aliphatic rings. The van der Waals surface area contributed by atoms with Crippen LogP contribution in [0.4, 0.5) is 0 Å². The first-order valence-electron chi connectivity index (χ1n) is 3.17. The molecule has 1 aliphatic heterocycles. The van der Waals surface area contributed by atoms with E-state index in [1.54, 1.807) is 0 Å². The standard InChI is InChI=1S/C7H12S/c1-2-7-5-3-4-6-8-7/h2,7H,1,3-6H2. The van der Waals surface area contributed by atoms with E-state index in [1.165, 1.54) is 25.0 Å². The van der Waals surface area contributed by atoms with Gasteiger partial charge < -0.3 is 0 Å². The van der Waals surface area contributed by atoms with Gasteiger partial charge in [0.25, 0.3) is 0 Å². The van der Waals surface area contributed by atoms with Crippen LogP contribution in [0.1, 0.15) is 19.3 Å². The van der Waals surface area contributed by atoms with Gasteiger partial charge in [0.2, 0.25) is 0 Å². The molecule has 1 saturated heterocycles. The lowest BCUT2D eigenvalue weighted by atomic mass is 10.2. The summed E-state index contributed by atoms with van der Waals surface area (Å²) in [7, 11) is 0. The van der Waals surface area contributed by atoms with Gasteiger partial charge in [0.05, 0.1) is 0 Å². The van der Waals surface area contributed by atoms with Gasteiger partial charge in [-0.1, -0.05) is 12.5 Å². The van der Waals surface area contributed by atoms with Gasteiger partial charge in [-0.25, -0.2) is 0 Å². The van der Waals surface area contributed by atoms with Gasteiger partial charge in [-0.2, -0.15) is 11.8 Å². The molecule has 0 bridgehead atoms. The first kappa shape index (κ1) is 6.21. The molecule has 0 aliphatic carbocycles. The summed E-state index contributed by atoms with van der Waals surface area (Å²) in [5, 5.41) is 0.767. The molecule has 1 fully saturated rings. The largest absolute Gasteiger partial charge is 0.154 e. The minimum Gasteiger partial charge on any atom is -0.154 e. The fourth-order valence-electron chi connectivity index (χ4n) is 0.952. The molecule has 0 spiro atoms. The van der Waals surface area contributed by atoms with Crippen molar-refractivity contribution < 1.29 is 0 Å². The molecule has 1 heterocycles. The van der Waals surface area contributed by atoms with Crippen molar-refractivity contribution >= 4 is 11.8 Å². The van der Waals surface area contributed by atoms with Crippen LogP contribution < -0.4 is 0 Å². The molecule has 0 N–H and O–H groups in total. The van der Waals surface area contributed by atoms with Crippen LogP contribution in [0.25, 0.3) is 0 Å². The molecule has 1 heteroatoms. The molecule has 0 aromatic heterocycles. The molecule has 0 radical (unpaired) electrons. The Morgan fingerprint density at radius 1 is 1.50 bits per heavy atom. The number of hydrogen-bond donors (Lipinski definition) is 0. The summed E-state index contributed by atoms with van der Waals surface area (Å²) >= 11 is 2.05. The van der Waals surface area contributed by atoms with Crippen LogP contribution in [0.15, 0.2) is 12.7 Å². The van der Waals surface area contributed by atoms with Gasteiger partial charge >= 0.3 is 0 Å². The quantitative estimate of drug-likeness (QED) is 0.489. The first-order valence-corrected chi connectivity index (χ1v) is 4.22. The monoisotopic (exact) mass is 128 g/mol. The lowest BCUT2D eigenvalue weighted by Gasteiger charge is -2.16.